The van der Waals surface area contributed by atoms with Gasteiger partial charge in [-0.1, -0.05) is 158 Å². The zero-order valence-electron chi connectivity index (χ0n) is 38.2. The molecule has 9 nitrogen and oxygen atoms in total. The molecule has 0 radical (unpaired) electrons. The molecule has 1 N–H and O–H groups in total. The van der Waals surface area contributed by atoms with Crippen LogP contribution in [-0.2, 0) is 32.7 Å². The van der Waals surface area contributed by atoms with E-state index in [0.29, 0.717) is 13.0 Å². The van der Waals surface area contributed by atoms with Crippen molar-refractivity contribution in [1.82, 2.24) is 4.90 Å². The molecule has 59 heavy (non-hydrogen) atoms. The molecular weight excluding hydrogens is 762 g/mol. The van der Waals surface area contributed by atoms with Gasteiger partial charge in [0.15, 0.2) is 6.10 Å². The van der Waals surface area contributed by atoms with Crippen molar-refractivity contribution in [1.29, 1.82) is 0 Å². The second kappa shape index (κ2) is 43.8. The number of likely N-dealkylation sites (N-methyl/N-ethyl adjacent to an activating group) is 1. The molecule has 2 atom stereocenters. The fraction of sp³-hybridized carbons (Fsp3) is 0.755. The normalized spacial score (nSPS) is 13.9. The van der Waals surface area contributed by atoms with Gasteiger partial charge in [0.2, 0.25) is 0 Å². The molecule has 0 aromatic carbocycles. The highest BCUT2D eigenvalue weighted by Crippen LogP contribution is 2.43. The van der Waals surface area contributed by atoms with Crippen molar-refractivity contribution in [3.8, 4) is 0 Å². The third kappa shape index (κ3) is 45.1. The van der Waals surface area contributed by atoms with Crippen LogP contribution in [0.2, 0.25) is 0 Å². The molecule has 0 saturated heterocycles. The second-order valence-electron chi connectivity index (χ2n) is 15.9. The Hall–Kier alpha value is -2.29. The first-order chi connectivity index (χ1) is 28.7. The molecule has 0 spiro atoms. The number of carbonyl (C=O) groups excluding carboxylic acids is 2. The number of hydrogen-bond acceptors (Lipinski definition) is 8. The van der Waals surface area contributed by atoms with Gasteiger partial charge in [-0.3, -0.25) is 18.6 Å². The molecule has 0 aromatic heterocycles. The smallest absolute Gasteiger partial charge is 0.462 e. The predicted molar refractivity (Wildman–Crippen MR) is 247 cm³/mol. The van der Waals surface area contributed by atoms with E-state index in [4.69, 9.17) is 18.5 Å². The first kappa shape index (κ1) is 56.7. The Labute approximate surface area is 362 Å². The van der Waals surface area contributed by atoms with Crippen molar-refractivity contribution >= 4 is 19.8 Å². The lowest BCUT2D eigenvalue weighted by atomic mass is 10.1. The molecule has 2 unspecified atom stereocenters. The highest BCUT2D eigenvalue weighted by molar-refractivity contribution is 7.47. The van der Waals surface area contributed by atoms with Gasteiger partial charge >= 0.3 is 19.8 Å². The van der Waals surface area contributed by atoms with Crippen LogP contribution in [0.3, 0.4) is 0 Å². The van der Waals surface area contributed by atoms with Crippen molar-refractivity contribution in [2.24, 2.45) is 0 Å². The van der Waals surface area contributed by atoms with Gasteiger partial charge in [-0.05, 0) is 97.6 Å². The molecule has 0 aromatic rings. The molecule has 0 fully saturated rings. The maximum absolute atomic E-state index is 12.7. The van der Waals surface area contributed by atoms with Crippen LogP contribution >= 0.6 is 7.82 Å². The summed E-state index contributed by atoms with van der Waals surface area (Å²) >= 11 is 0. The van der Waals surface area contributed by atoms with Crippen LogP contribution < -0.4 is 0 Å². The van der Waals surface area contributed by atoms with Crippen LogP contribution in [0, 0.1) is 0 Å². The average molecular weight is 850 g/mol. The molecular formula is C49H88NO8P. The number of allylic oxidation sites excluding steroid dienone is 10. The van der Waals surface area contributed by atoms with Gasteiger partial charge in [-0.25, -0.2) is 4.57 Å². The molecule has 0 bridgehead atoms. The Kier molecular flexibility index (Phi) is 42.1. The summed E-state index contributed by atoms with van der Waals surface area (Å²) in [5, 5.41) is 0. The number of esters is 2. The molecule has 0 rings (SSSR count). The Morgan fingerprint density at radius 2 is 0.915 bits per heavy atom. The fourth-order valence-corrected chi connectivity index (χ4v) is 6.88. The number of ether oxygens (including phenoxy) is 2. The summed E-state index contributed by atoms with van der Waals surface area (Å²) in [6.45, 7) is 4.25. The molecule has 0 amide bonds. The van der Waals surface area contributed by atoms with Crippen molar-refractivity contribution < 1.29 is 37.6 Å². The molecule has 0 heterocycles. The van der Waals surface area contributed by atoms with E-state index in [1.54, 1.807) is 0 Å². The van der Waals surface area contributed by atoms with E-state index in [1.807, 2.05) is 19.0 Å². The molecule has 342 valence electrons. The molecule has 0 aliphatic heterocycles. The summed E-state index contributed by atoms with van der Waals surface area (Å²) < 4.78 is 33.5. The van der Waals surface area contributed by atoms with Gasteiger partial charge in [0, 0.05) is 19.4 Å². The summed E-state index contributed by atoms with van der Waals surface area (Å²) in [4.78, 5) is 37.1. The molecule has 0 aliphatic carbocycles. The van der Waals surface area contributed by atoms with Crippen LogP contribution in [0.15, 0.2) is 60.8 Å². The van der Waals surface area contributed by atoms with Crippen LogP contribution in [0.5, 0.6) is 0 Å². The third-order valence-corrected chi connectivity index (χ3v) is 10.8. The van der Waals surface area contributed by atoms with Gasteiger partial charge in [-0.15, -0.1) is 0 Å². The predicted octanol–water partition coefficient (Wildman–Crippen LogP) is 13.9. The topological polar surface area (TPSA) is 112 Å². The minimum absolute atomic E-state index is 0.00201. The lowest BCUT2D eigenvalue weighted by Crippen LogP contribution is -2.29. The van der Waals surface area contributed by atoms with E-state index in [0.717, 1.165) is 70.6 Å². The van der Waals surface area contributed by atoms with Crippen LogP contribution in [-0.4, -0.2) is 68.3 Å². The Morgan fingerprint density at radius 1 is 0.525 bits per heavy atom. The lowest BCUT2D eigenvalue weighted by Gasteiger charge is -2.20. The number of nitrogens with zero attached hydrogens (tertiary/aromatic N) is 1. The monoisotopic (exact) mass is 850 g/mol. The number of unbranched alkanes of at least 4 members (excludes halogenated alkanes) is 19. The van der Waals surface area contributed by atoms with E-state index < -0.39 is 26.5 Å². The highest BCUT2D eigenvalue weighted by atomic mass is 31.2. The lowest BCUT2D eigenvalue weighted by molar-refractivity contribution is -0.161. The van der Waals surface area contributed by atoms with E-state index in [-0.39, 0.29) is 32.0 Å². The Morgan fingerprint density at radius 3 is 1.42 bits per heavy atom. The maximum Gasteiger partial charge on any atom is 0.472 e. The first-order valence-corrected chi connectivity index (χ1v) is 25.1. The molecule has 10 heteroatoms. The summed E-state index contributed by atoms with van der Waals surface area (Å²) in [6.07, 6.45) is 51.2. The van der Waals surface area contributed by atoms with Crippen molar-refractivity contribution in [2.45, 2.75) is 200 Å². The van der Waals surface area contributed by atoms with Gasteiger partial charge in [0.25, 0.3) is 0 Å². The number of phosphoric ester groups is 1. The zero-order chi connectivity index (χ0) is 43.3. The Balaban J connectivity index is 4.33. The van der Waals surface area contributed by atoms with Crippen LogP contribution in [0.4, 0.5) is 0 Å². The van der Waals surface area contributed by atoms with Crippen molar-refractivity contribution in [3.63, 3.8) is 0 Å². The largest absolute Gasteiger partial charge is 0.472 e. The minimum atomic E-state index is -4.38. The summed E-state index contributed by atoms with van der Waals surface area (Å²) in [6, 6.07) is 0. The highest BCUT2D eigenvalue weighted by Gasteiger charge is 2.26. The van der Waals surface area contributed by atoms with Gasteiger partial charge in [0.05, 0.1) is 13.2 Å². The minimum Gasteiger partial charge on any atom is -0.462 e. The van der Waals surface area contributed by atoms with Gasteiger partial charge < -0.3 is 19.3 Å². The van der Waals surface area contributed by atoms with E-state index in [2.05, 4.69) is 74.6 Å². The number of hydrogen-bond donors (Lipinski definition) is 1. The van der Waals surface area contributed by atoms with Crippen LogP contribution in [0.1, 0.15) is 194 Å². The zero-order valence-corrected chi connectivity index (χ0v) is 39.1. The SMILES string of the molecule is CCCCC/C=C\C/C=C\C/C=C\C/C=C\CCCCCC(=O)OC(COC(=O)CCCCCCCCC/C=C\CCCCCCCC)COP(=O)(O)OCCN(C)C. The number of phosphoric acid groups is 1. The number of carbonyl (C=O) groups is 2. The van der Waals surface area contributed by atoms with E-state index in [9.17, 15) is 19.0 Å². The van der Waals surface area contributed by atoms with E-state index in [1.165, 1.54) is 89.9 Å². The Bertz CT molecular complexity index is 1160. The quantitative estimate of drug-likeness (QED) is 0.0277. The average Bonchev–Trinajstić information content (AvgIpc) is 3.20. The van der Waals surface area contributed by atoms with Gasteiger partial charge in [0.1, 0.15) is 6.61 Å². The maximum atomic E-state index is 12.7. The van der Waals surface area contributed by atoms with Crippen LogP contribution in [0.25, 0.3) is 0 Å². The first-order valence-electron chi connectivity index (χ1n) is 23.6. The molecule has 0 aliphatic rings. The summed E-state index contributed by atoms with van der Waals surface area (Å²) in [7, 11) is -0.736. The van der Waals surface area contributed by atoms with Crippen molar-refractivity contribution in [3.05, 3.63) is 60.8 Å². The summed E-state index contributed by atoms with van der Waals surface area (Å²) in [5.41, 5.74) is 0. The van der Waals surface area contributed by atoms with Crippen molar-refractivity contribution in [2.75, 3.05) is 40.5 Å². The molecule has 0 saturated carbocycles. The number of rotatable bonds is 43. The van der Waals surface area contributed by atoms with E-state index >= 15 is 0 Å². The standard InChI is InChI=1S/C49H88NO8P/c1-5-7-9-11-13-15-17-19-21-23-24-26-28-30-32-34-36-38-40-42-49(52)58-47(46-57-59(53,54)56-44-43-50(3)4)45-55-48(51)41-39-37-35-33-31-29-27-25-22-20-18-16-14-12-10-8-6-2/h13,15,19-22,24,26,30,32,47H,5-12,14,16-18,23,25,27-29,31,33-46H2,1-4H3,(H,53,54)/b15-13-,21-19-,22-20-,26-24-,32-30-. The van der Waals surface area contributed by atoms with Gasteiger partial charge in [-0.2, -0.15) is 0 Å². The third-order valence-electron chi connectivity index (χ3n) is 9.80. The second-order valence-corrected chi connectivity index (χ2v) is 17.4. The summed E-state index contributed by atoms with van der Waals surface area (Å²) in [5.74, 6) is -0.845. The fourth-order valence-electron chi connectivity index (χ4n) is 6.14.